The van der Waals surface area contributed by atoms with Crippen molar-refractivity contribution in [2.24, 2.45) is 11.3 Å². The highest BCUT2D eigenvalue weighted by atomic mass is 16.1. The number of nitrogen functional groups attached to an aromatic ring is 1. The van der Waals surface area contributed by atoms with E-state index in [-0.39, 0.29) is 11.3 Å². The predicted molar refractivity (Wildman–Crippen MR) is 87.1 cm³/mol. The number of amides is 1. The van der Waals surface area contributed by atoms with E-state index in [0.29, 0.717) is 24.0 Å². The van der Waals surface area contributed by atoms with Crippen molar-refractivity contribution in [3.8, 4) is 0 Å². The molecule has 0 spiro atoms. The van der Waals surface area contributed by atoms with Crippen molar-refractivity contribution >= 4 is 22.5 Å². The van der Waals surface area contributed by atoms with Crippen molar-refractivity contribution in [3.63, 3.8) is 0 Å². The molecule has 0 bridgehead atoms. The molecule has 0 aliphatic rings. The average molecular weight is 285 g/mol. The summed E-state index contributed by atoms with van der Waals surface area (Å²) in [6.07, 6.45) is 0. The maximum atomic E-state index is 12.3. The van der Waals surface area contributed by atoms with Gasteiger partial charge >= 0.3 is 0 Å². The summed E-state index contributed by atoms with van der Waals surface area (Å²) in [6.45, 7) is 9.19. The third kappa shape index (κ3) is 3.32. The standard InChI is InChI=1S/C17H23N3O/c1-11(2)17(3,4)10-19-16(21)14-9-12-7-5-6-8-13(12)15(18)20-14/h5-9,11H,10H2,1-4H3,(H2,18,20)(H,19,21). The highest BCUT2D eigenvalue weighted by Crippen LogP contribution is 2.25. The lowest BCUT2D eigenvalue weighted by atomic mass is 9.81. The summed E-state index contributed by atoms with van der Waals surface area (Å²) in [6, 6.07) is 9.45. The summed E-state index contributed by atoms with van der Waals surface area (Å²) in [4.78, 5) is 16.5. The number of fused-ring (bicyclic) bond motifs is 1. The van der Waals surface area contributed by atoms with Crippen molar-refractivity contribution in [1.82, 2.24) is 10.3 Å². The SMILES string of the molecule is CC(C)C(C)(C)CNC(=O)c1cc2ccccc2c(N)n1. The highest BCUT2D eigenvalue weighted by Gasteiger charge is 2.23. The second-order valence-electron chi connectivity index (χ2n) is 6.44. The topological polar surface area (TPSA) is 68.0 Å². The van der Waals surface area contributed by atoms with Crippen LogP contribution >= 0.6 is 0 Å². The highest BCUT2D eigenvalue weighted by molar-refractivity contribution is 5.99. The largest absolute Gasteiger partial charge is 0.383 e. The molecule has 1 aromatic heterocycles. The summed E-state index contributed by atoms with van der Waals surface area (Å²) >= 11 is 0. The first kappa shape index (κ1) is 15.3. The van der Waals surface area contributed by atoms with Gasteiger partial charge in [0.15, 0.2) is 0 Å². The first-order chi connectivity index (χ1) is 9.81. The molecule has 112 valence electrons. The minimum atomic E-state index is -0.179. The number of hydrogen-bond donors (Lipinski definition) is 2. The van der Waals surface area contributed by atoms with Crippen LogP contribution in [-0.4, -0.2) is 17.4 Å². The lowest BCUT2D eigenvalue weighted by Gasteiger charge is -2.29. The van der Waals surface area contributed by atoms with Gasteiger partial charge in [0.05, 0.1) is 0 Å². The summed E-state index contributed by atoms with van der Waals surface area (Å²) in [5.74, 6) is 0.690. The number of nitrogens with two attached hydrogens (primary N) is 1. The Balaban J connectivity index is 2.20. The maximum absolute atomic E-state index is 12.3. The van der Waals surface area contributed by atoms with Crippen LogP contribution in [0.4, 0.5) is 5.82 Å². The van der Waals surface area contributed by atoms with Crippen LogP contribution in [-0.2, 0) is 0 Å². The molecule has 4 nitrogen and oxygen atoms in total. The Hall–Kier alpha value is -2.10. The van der Waals surface area contributed by atoms with E-state index in [9.17, 15) is 4.79 Å². The molecular weight excluding hydrogens is 262 g/mol. The number of aromatic nitrogens is 1. The first-order valence-corrected chi connectivity index (χ1v) is 7.25. The van der Waals surface area contributed by atoms with Crippen LogP contribution in [0.2, 0.25) is 0 Å². The quantitative estimate of drug-likeness (QED) is 0.906. The van der Waals surface area contributed by atoms with Gasteiger partial charge in [-0.05, 0) is 22.8 Å². The molecule has 0 radical (unpaired) electrons. The first-order valence-electron chi connectivity index (χ1n) is 7.25. The number of benzene rings is 1. The van der Waals surface area contributed by atoms with Crippen LogP contribution < -0.4 is 11.1 Å². The van der Waals surface area contributed by atoms with Gasteiger partial charge in [0.1, 0.15) is 11.5 Å². The molecule has 0 saturated carbocycles. The molecule has 0 fully saturated rings. The lowest BCUT2D eigenvalue weighted by molar-refractivity contribution is 0.0920. The van der Waals surface area contributed by atoms with E-state index in [1.54, 1.807) is 6.07 Å². The Morgan fingerprint density at radius 2 is 2.00 bits per heavy atom. The monoisotopic (exact) mass is 285 g/mol. The van der Waals surface area contributed by atoms with E-state index < -0.39 is 0 Å². The van der Waals surface area contributed by atoms with Crippen LogP contribution in [0, 0.1) is 11.3 Å². The molecule has 0 unspecified atom stereocenters. The number of carbonyl (C=O) groups is 1. The second kappa shape index (κ2) is 5.72. The predicted octanol–water partition coefficient (Wildman–Crippen LogP) is 3.23. The van der Waals surface area contributed by atoms with Crippen molar-refractivity contribution in [2.45, 2.75) is 27.7 Å². The Bertz CT molecular complexity index is 662. The third-order valence-corrected chi connectivity index (χ3v) is 4.27. The molecule has 4 heteroatoms. The van der Waals surface area contributed by atoms with Gasteiger partial charge in [0, 0.05) is 11.9 Å². The maximum Gasteiger partial charge on any atom is 0.270 e. The lowest BCUT2D eigenvalue weighted by Crippen LogP contribution is -2.37. The Morgan fingerprint density at radius 3 is 2.67 bits per heavy atom. The molecule has 0 aliphatic heterocycles. The van der Waals surface area contributed by atoms with Crippen molar-refractivity contribution < 1.29 is 4.79 Å². The summed E-state index contributed by atoms with van der Waals surface area (Å²) in [7, 11) is 0. The van der Waals surface area contributed by atoms with Crippen LogP contribution in [0.25, 0.3) is 10.8 Å². The normalized spacial score (nSPS) is 11.9. The molecule has 0 saturated heterocycles. The number of pyridine rings is 1. The van der Waals surface area contributed by atoms with Gasteiger partial charge in [-0.25, -0.2) is 4.98 Å². The number of rotatable bonds is 4. The molecule has 1 aromatic carbocycles. The fourth-order valence-corrected chi connectivity index (χ4v) is 1.94. The zero-order valence-electron chi connectivity index (χ0n) is 13.1. The molecule has 3 N–H and O–H groups in total. The van der Waals surface area contributed by atoms with Gasteiger partial charge in [0.2, 0.25) is 0 Å². The van der Waals surface area contributed by atoms with Gasteiger partial charge in [-0.2, -0.15) is 0 Å². The van der Waals surface area contributed by atoms with E-state index in [2.05, 4.69) is 38.0 Å². The Labute approximate surface area is 125 Å². The molecule has 2 aromatic rings. The van der Waals surface area contributed by atoms with Gasteiger partial charge < -0.3 is 11.1 Å². The second-order valence-corrected chi connectivity index (χ2v) is 6.44. The van der Waals surface area contributed by atoms with E-state index in [1.165, 1.54) is 0 Å². The summed E-state index contributed by atoms with van der Waals surface area (Å²) in [5, 5.41) is 4.76. The zero-order chi connectivity index (χ0) is 15.6. The number of nitrogens with zero attached hydrogens (tertiary/aromatic N) is 1. The minimum Gasteiger partial charge on any atom is -0.383 e. The van der Waals surface area contributed by atoms with Crippen LogP contribution in [0.15, 0.2) is 30.3 Å². The Kier molecular flexibility index (Phi) is 4.16. The number of carbonyl (C=O) groups excluding carboxylic acids is 1. The van der Waals surface area contributed by atoms with Crippen LogP contribution in [0.5, 0.6) is 0 Å². The number of anilines is 1. The molecule has 21 heavy (non-hydrogen) atoms. The molecule has 0 atom stereocenters. The van der Waals surface area contributed by atoms with Crippen molar-refractivity contribution in [1.29, 1.82) is 0 Å². The van der Waals surface area contributed by atoms with E-state index in [4.69, 9.17) is 5.73 Å². The number of nitrogens with one attached hydrogen (secondary N) is 1. The molecule has 2 rings (SSSR count). The van der Waals surface area contributed by atoms with E-state index in [1.807, 2.05) is 24.3 Å². The molecule has 1 heterocycles. The smallest absolute Gasteiger partial charge is 0.270 e. The van der Waals surface area contributed by atoms with Crippen LogP contribution in [0.1, 0.15) is 38.2 Å². The van der Waals surface area contributed by atoms with Crippen molar-refractivity contribution in [3.05, 3.63) is 36.0 Å². The summed E-state index contributed by atoms with van der Waals surface area (Å²) < 4.78 is 0. The minimum absolute atomic E-state index is 0.0397. The Morgan fingerprint density at radius 1 is 1.33 bits per heavy atom. The van der Waals surface area contributed by atoms with Crippen molar-refractivity contribution in [2.75, 3.05) is 12.3 Å². The van der Waals surface area contributed by atoms with E-state index in [0.717, 1.165) is 10.8 Å². The van der Waals surface area contributed by atoms with E-state index >= 15 is 0 Å². The van der Waals surface area contributed by atoms with Gasteiger partial charge in [-0.15, -0.1) is 0 Å². The van der Waals surface area contributed by atoms with Gasteiger partial charge in [-0.3, -0.25) is 4.79 Å². The molecule has 1 amide bonds. The van der Waals surface area contributed by atoms with Crippen LogP contribution in [0.3, 0.4) is 0 Å². The fourth-order valence-electron chi connectivity index (χ4n) is 1.94. The fraction of sp³-hybridized carbons (Fsp3) is 0.412. The number of hydrogen-bond acceptors (Lipinski definition) is 3. The zero-order valence-corrected chi connectivity index (χ0v) is 13.1. The molecular formula is C17H23N3O. The van der Waals surface area contributed by atoms with Gasteiger partial charge in [-0.1, -0.05) is 52.0 Å². The van der Waals surface area contributed by atoms with Gasteiger partial charge in [0.25, 0.3) is 5.91 Å². The average Bonchev–Trinajstić information content (AvgIpc) is 2.44. The summed E-state index contributed by atoms with van der Waals surface area (Å²) in [5.41, 5.74) is 6.34. The molecule has 0 aliphatic carbocycles. The third-order valence-electron chi connectivity index (χ3n) is 4.27.